The average Bonchev–Trinajstić information content (AvgIpc) is 2.31. The van der Waals surface area contributed by atoms with Crippen molar-refractivity contribution in [1.82, 2.24) is 5.32 Å². The molecule has 1 N–H and O–H groups in total. The molecule has 1 unspecified atom stereocenters. The molecule has 0 aliphatic rings. The molecule has 0 aromatic heterocycles. The molecule has 0 saturated heterocycles. The first kappa shape index (κ1) is 12.1. The fraction of sp³-hybridized carbons (Fsp3) is 0.538. The first-order chi connectivity index (χ1) is 7.31. The molecule has 0 fully saturated rings. The van der Waals surface area contributed by atoms with Gasteiger partial charge in [0, 0.05) is 6.04 Å². The number of benzene rings is 1. The van der Waals surface area contributed by atoms with Crippen molar-refractivity contribution in [3.8, 4) is 5.75 Å². The van der Waals surface area contributed by atoms with Gasteiger partial charge in [-0.05, 0) is 37.1 Å². The Bertz CT molecular complexity index is 268. The van der Waals surface area contributed by atoms with Crippen LogP contribution in [0.3, 0.4) is 0 Å². The zero-order valence-electron chi connectivity index (χ0n) is 9.92. The largest absolute Gasteiger partial charge is 0.497 e. The predicted molar refractivity (Wildman–Crippen MR) is 64.3 cm³/mol. The number of hydrogen-bond acceptors (Lipinski definition) is 2. The fourth-order valence-electron chi connectivity index (χ4n) is 1.65. The van der Waals surface area contributed by atoms with E-state index in [1.54, 1.807) is 7.11 Å². The number of hydrogen-bond donors (Lipinski definition) is 1. The van der Waals surface area contributed by atoms with E-state index in [2.05, 4.69) is 31.3 Å². The molecule has 1 aromatic carbocycles. The zero-order chi connectivity index (χ0) is 11.1. The van der Waals surface area contributed by atoms with Crippen molar-refractivity contribution < 1.29 is 4.74 Å². The van der Waals surface area contributed by atoms with E-state index in [-0.39, 0.29) is 0 Å². The predicted octanol–water partition coefficient (Wildman–Crippen LogP) is 3.15. The molecular formula is C13H21NO. The molecule has 0 bridgehead atoms. The maximum atomic E-state index is 5.14. The number of nitrogens with one attached hydrogen (secondary N) is 1. The minimum atomic E-state index is 0.468. The second-order valence-electron chi connectivity index (χ2n) is 3.69. The van der Waals surface area contributed by atoms with Crippen LogP contribution in [-0.4, -0.2) is 13.7 Å². The van der Waals surface area contributed by atoms with Crippen LogP contribution in [-0.2, 0) is 0 Å². The Labute approximate surface area is 92.6 Å². The van der Waals surface area contributed by atoms with Crippen LogP contribution in [0, 0.1) is 0 Å². The topological polar surface area (TPSA) is 21.3 Å². The quantitative estimate of drug-likeness (QED) is 0.773. The normalized spacial score (nSPS) is 12.5. The molecule has 2 nitrogen and oxygen atoms in total. The maximum Gasteiger partial charge on any atom is 0.118 e. The minimum absolute atomic E-state index is 0.468. The van der Waals surface area contributed by atoms with Crippen LogP contribution >= 0.6 is 0 Å². The number of methoxy groups -OCH3 is 1. The van der Waals surface area contributed by atoms with Gasteiger partial charge in [-0.25, -0.2) is 0 Å². The van der Waals surface area contributed by atoms with Gasteiger partial charge in [0.05, 0.1) is 7.11 Å². The van der Waals surface area contributed by atoms with E-state index < -0.39 is 0 Å². The molecular weight excluding hydrogens is 186 g/mol. The fourth-order valence-corrected chi connectivity index (χ4v) is 1.65. The van der Waals surface area contributed by atoms with Crippen LogP contribution in [0.4, 0.5) is 0 Å². The molecule has 84 valence electrons. The Kier molecular flexibility index (Phi) is 5.19. The van der Waals surface area contributed by atoms with Gasteiger partial charge in [-0.1, -0.05) is 26.0 Å². The van der Waals surface area contributed by atoms with E-state index in [0.717, 1.165) is 18.7 Å². The summed E-state index contributed by atoms with van der Waals surface area (Å²) in [6, 6.07) is 8.78. The van der Waals surface area contributed by atoms with Crippen molar-refractivity contribution in [1.29, 1.82) is 0 Å². The van der Waals surface area contributed by atoms with E-state index in [1.807, 2.05) is 12.1 Å². The van der Waals surface area contributed by atoms with E-state index >= 15 is 0 Å². The van der Waals surface area contributed by atoms with E-state index in [1.165, 1.54) is 12.0 Å². The molecule has 2 heteroatoms. The van der Waals surface area contributed by atoms with Gasteiger partial charge in [0.1, 0.15) is 5.75 Å². The lowest BCUT2D eigenvalue weighted by molar-refractivity contribution is 0.414. The molecule has 1 aromatic rings. The third-order valence-corrected chi connectivity index (χ3v) is 2.57. The van der Waals surface area contributed by atoms with Gasteiger partial charge in [-0.15, -0.1) is 0 Å². The van der Waals surface area contributed by atoms with Crippen molar-refractivity contribution in [3.05, 3.63) is 29.8 Å². The van der Waals surface area contributed by atoms with Crippen LogP contribution in [0.15, 0.2) is 24.3 Å². The molecule has 15 heavy (non-hydrogen) atoms. The SMILES string of the molecule is CCCNC(CC)c1ccc(OC)cc1. The Balaban J connectivity index is 2.65. The van der Waals surface area contributed by atoms with Crippen LogP contribution in [0.2, 0.25) is 0 Å². The minimum Gasteiger partial charge on any atom is -0.497 e. The van der Waals surface area contributed by atoms with Gasteiger partial charge in [0.15, 0.2) is 0 Å². The first-order valence-electron chi connectivity index (χ1n) is 5.69. The van der Waals surface area contributed by atoms with Crippen LogP contribution in [0.1, 0.15) is 38.3 Å². The summed E-state index contributed by atoms with van der Waals surface area (Å²) in [6.45, 7) is 5.47. The standard InChI is InChI=1S/C13H21NO/c1-4-10-14-13(5-2)11-6-8-12(15-3)9-7-11/h6-9,13-14H,4-5,10H2,1-3H3. The summed E-state index contributed by atoms with van der Waals surface area (Å²) in [5, 5.41) is 3.53. The Morgan fingerprint density at radius 3 is 2.33 bits per heavy atom. The molecule has 0 heterocycles. The summed E-state index contributed by atoms with van der Waals surface area (Å²) >= 11 is 0. The van der Waals surface area contributed by atoms with Gasteiger partial charge >= 0.3 is 0 Å². The molecule has 1 atom stereocenters. The Morgan fingerprint density at radius 2 is 1.87 bits per heavy atom. The Hall–Kier alpha value is -1.02. The lowest BCUT2D eigenvalue weighted by Crippen LogP contribution is -2.21. The van der Waals surface area contributed by atoms with Crippen molar-refractivity contribution in [2.24, 2.45) is 0 Å². The zero-order valence-corrected chi connectivity index (χ0v) is 9.92. The number of rotatable bonds is 6. The lowest BCUT2D eigenvalue weighted by atomic mass is 10.0. The van der Waals surface area contributed by atoms with Crippen LogP contribution in [0.5, 0.6) is 5.75 Å². The van der Waals surface area contributed by atoms with Crippen LogP contribution in [0.25, 0.3) is 0 Å². The second-order valence-corrected chi connectivity index (χ2v) is 3.69. The third kappa shape index (κ3) is 3.56. The van der Waals surface area contributed by atoms with Gasteiger partial charge in [-0.2, -0.15) is 0 Å². The van der Waals surface area contributed by atoms with Crippen molar-refractivity contribution in [2.45, 2.75) is 32.7 Å². The highest BCUT2D eigenvalue weighted by molar-refractivity contribution is 5.29. The van der Waals surface area contributed by atoms with Gasteiger partial charge in [0.2, 0.25) is 0 Å². The molecule has 0 saturated carbocycles. The van der Waals surface area contributed by atoms with E-state index in [9.17, 15) is 0 Å². The summed E-state index contributed by atoms with van der Waals surface area (Å²) in [6.07, 6.45) is 2.29. The van der Waals surface area contributed by atoms with Gasteiger partial charge in [-0.3, -0.25) is 0 Å². The smallest absolute Gasteiger partial charge is 0.118 e. The molecule has 0 radical (unpaired) electrons. The van der Waals surface area contributed by atoms with Gasteiger partial charge in [0.25, 0.3) is 0 Å². The maximum absolute atomic E-state index is 5.14. The summed E-state index contributed by atoms with van der Waals surface area (Å²) in [5.74, 6) is 0.920. The number of ether oxygens (including phenoxy) is 1. The highest BCUT2D eigenvalue weighted by Gasteiger charge is 2.07. The van der Waals surface area contributed by atoms with E-state index in [0.29, 0.717) is 6.04 Å². The molecule has 0 spiro atoms. The molecule has 1 rings (SSSR count). The molecule has 0 aliphatic heterocycles. The third-order valence-electron chi connectivity index (χ3n) is 2.57. The summed E-state index contributed by atoms with van der Waals surface area (Å²) in [5.41, 5.74) is 1.34. The Morgan fingerprint density at radius 1 is 1.20 bits per heavy atom. The summed E-state index contributed by atoms with van der Waals surface area (Å²) in [7, 11) is 1.70. The lowest BCUT2D eigenvalue weighted by Gasteiger charge is -2.17. The highest BCUT2D eigenvalue weighted by atomic mass is 16.5. The van der Waals surface area contributed by atoms with E-state index in [4.69, 9.17) is 4.74 Å². The summed E-state index contributed by atoms with van der Waals surface area (Å²) in [4.78, 5) is 0. The first-order valence-corrected chi connectivity index (χ1v) is 5.69. The van der Waals surface area contributed by atoms with Crippen molar-refractivity contribution >= 4 is 0 Å². The van der Waals surface area contributed by atoms with Gasteiger partial charge < -0.3 is 10.1 Å². The van der Waals surface area contributed by atoms with Crippen molar-refractivity contribution in [2.75, 3.05) is 13.7 Å². The highest BCUT2D eigenvalue weighted by Crippen LogP contribution is 2.19. The van der Waals surface area contributed by atoms with Crippen LogP contribution < -0.4 is 10.1 Å². The molecule has 0 amide bonds. The monoisotopic (exact) mass is 207 g/mol. The van der Waals surface area contributed by atoms with Crippen molar-refractivity contribution in [3.63, 3.8) is 0 Å². The molecule has 0 aliphatic carbocycles. The average molecular weight is 207 g/mol. The summed E-state index contributed by atoms with van der Waals surface area (Å²) < 4.78 is 5.14. The second kappa shape index (κ2) is 6.46.